The van der Waals surface area contributed by atoms with Crippen LogP contribution in [0.2, 0.25) is 0 Å². The van der Waals surface area contributed by atoms with Crippen molar-refractivity contribution in [1.82, 2.24) is 4.90 Å². The molecular formula is C14H24N4O2S. The molecule has 118 valence electrons. The second kappa shape index (κ2) is 6.21. The van der Waals surface area contributed by atoms with Crippen LogP contribution in [0.1, 0.15) is 19.8 Å². The van der Waals surface area contributed by atoms with Gasteiger partial charge in [0.2, 0.25) is 10.0 Å². The molecule has 1 aromatic carbocycles. The van der Waals surface area contributed by atoms with Crippen LogP contribution < -0.4 is 15.8 Å². The van der Waals surface area contributed by atoms with Gasteiger partial charge in [-0.3, -0.25) is 0 Å². The first kappa shape index (κ1) is 16.1. The zero-order chi connectivity index (χ0) is 15.6. The molecule has 6 nitrogen and oxygen atoms in total. The normalized spacial score (nSPS) is 21.3. The quantitative estimate of drug-likeness (QED) is 0.807. The Morgan fingerprint density at radius 1 is 1.33 bits per heavy atom. The van der Waals surface area contributed by atoms with Gasteiger partial charge in [0.1, 0.15) is 4.90 Å². The van der Waals surface area contributed by atoms with Crippen molar-refractivity contribution in [3.63, 3.8) is 0 Å². The minimum atomic E-state index is -3.80. The van der Waals surface area contributed by atoms with Crippen LogP contribution in [0.5, 0.6) is 0 Å². The second-order valence-electron chi connectivity index (χ2n) is 5.64. The number of nitrogen functional groups attached to an aromatic ring is 1. The van der Waals surface area contributed by atoms with Gasteiger partial charge in [0.25, 0.3) is 0 Å². The van der Waals surface area contributed by atoms with Gasteiger partial charge in [-0.15, -0.1) is 0 Å². The smallest absolute Gasteiger partial charge is 0.240 e. The Hall–Kier alpha value is -1.31. The largest absolute Gasteiger partial charge is 0.399 e. The number of anilines is 2. The predicted octanol–water partition coefficient (Wildman–Crippen LogP) is 0.837. The molecular weight excluding hydrogens is 288 g/mol. The van der Waals surface area contributed by atoms with E-state index in [4.69, 9.17) is 10.9 Å². The van der Waals surface area contributed by atoms with Crippen molar-refractivity contribution in [2.45, 2.75) is 30.7 Å². The fraction of sp³-hybridized carbons (Fsp3) is 0.571. The fourth-order valence-corrected chi connectivity index (χ4v) is 3.68. The first-order valence-corrected chi connectivity index (χ1v) is 8.75. The molecule has 1 fully saturated rings. The van der Waals surface area contributed by atoms with Gasteiger partial charge in [-0.25, -0.2) is 13.6 Å². The molecule has 0 aromatic heterocycles. The SMILES string of the molecule is CCC1CN(C)CCCN1c1ccc(N)cc1S(N)(=O)=O. The summed E-state index contributed by atoms with van der Waals surface area (Å²) in [6, 6.07) is 5.21. The second-order valence-corrected chi connectivity index (χ2v) is 7.17. The maximum atomic E-state index is 11.9. The molecule has 1 atom stereocenters. The minimum absolute atomic E-state index is 0.116. The molecule has 1 saturated heterocycles. The number of hydrogen-bond donors (Lipinski definition) is 2. The van der Waals surface area contributed by atoms with E-state index < -0.39 is 10.0 Å². The van der Waals surface area contributed by atoms with Crippen LogP contribution >= 0.6 is 0 Å². The summed E-state index contributed by atoms with van der Waals surface area (Å²) in [6.45, 7) is 4.84. The van der Waals surface area contributed by atoms with Crippen LogP contribution in [-0.2, 0) is 10.0 Å². The van der Waals surface area contributed by atoms with E-state index in [0.717, 1.165) is 32.5 Å². The average Bonchev–Trinajstić information content (AvgIpc) is 2.59. The third-order valence-electron chi connectivity index (χ3n) is 3.97. The van der Waals surface area contributed by atoms with Gasteiger partial charge in [0, 0.05) is 24.8 Å². The Bertz CT molecular complexity index is 603. The molecule has 1 aromatic rings. The van der Waals surface area contributed by atoms with Crippen molar-refractivity contribution >= 4 is 21.4 Å². The van der Waals surface area contributed by atoms with Crippen molar-refractivity contribution in [2.24, 2.45) is 5.14 Å². The summed E-state index contributed by atoms with van der Waals surface area (Å²) in [5.74, 6) is 0. The number of likely N-dealkylation sites (N-methyl/N-ethyl adjacent to an activating group) is 1. The molecule has 0 bridgehead atoms. The Morgan fingerprint density at radius 3 is 2.67 bits per heavy atom. The lowest BCUT2D eigenvalue weighted by molar-refractivity contribution is 0.328. The number of nitrogens with two attached hydrogens (primary N) is 2. The number of benzene rings is 1. The maximum Gasteiger partial charge on any atom is 0.240 e. The summed E-state index contributed by atoms with van der Waals surface area (Å²) in [6.07, 6.45) is 1.93. The third-order valence-corrected chi connectivity index (χ3v) is 4.91. The molecule has 1 unspecified atom stereocenters. The van der Waals surface area contributed by atoms with Crippen molar-refractivity contribution in [3.8, 4) is 0 Å². The highest BCUT2D eigenvalue weighted by Crippen LogP contribution is 2.30. The van der Waals surface area contributed by atoms with Gasteiger partial charge in [-0.2, -0.15) is 0 Å². The van der Waals surface area contributed by atoms with Crippen molar-refractivity contribution < 1.29 is 8.42 Å². The highest BCUT2D eigenvalue weighted by Gasteiger charge is 2.26. The van der Waals surface area contributed by atoms with Gasteiger partial charge >= 0.3 is 0 Å². The van der Waals surface area contributed by atoms with E-state index >= 15 is 0 Å². The lowest BCUT2D eigenvalue weighted by Gasteiger charge is -2.33. The number of sulfonamides is 1. The summed E-state index contributed by atoms with van der Waals surface area (Å²) in [7, 11) is -1.70. The summed E-state index contributed by atoms with van der Waals surface area (Å²) in [5, 5.41) is 5.37. The van der Waals surface area contributed by atoms with E-state index in [9.17, 15) is 8.42 Å². The predicted molar refractivity (Wildman–Crippen MR) is 85.8 cm³/mol. The summed E-state index contributed by atoms with van der Waals surface area (Å²) < 4.78 is 23.8. The summed E-state index contributed by atoms with van der Waals surface area (Å²) in [5.41, 5.74) is 6.79. The Kier molecular flexibility index (Phi) is 4.75. The van der Waals surface area contributed by atoms with E-state index in [-0.39, 0.29) is 10.9 Å². The van der Waals surface area contributed by atoms with E-state index in [2.05, 4.69) is 23.8 Å². The Labute approximate surface area is 126 Å². The van der Waals surface area contributed by atoms with Gasteiger partial charge in [-0.05, 0) is 44.6 Å². The zero-order valence-electron chi connectivity index (χ0n) is 12.6. The standard InChI is InChI=1S/C14H24N4O2S/c1-3-12-10-17(2)7-4-8-18(12)13-6-5-11(15)9-14(13)21(16,19)20/h5-6,9,12H,3-4,7-8,10,15H2,1-2H3,(H2,16,19,20). The number of nitrogens with zero attached hydrogens (tertiary/aromatic N) is 2. The molecule has 1 aliphatic rings. The number of primary sulfonamides is 1. The van der Waals surface area contributed by atoms with Crippen LogP contribution in [0.3, 0.4) is 0 Å². The fourth-order valence-electron chi connectivity index (χ4n) is 2.91. The topological polar surface area (TPSA) is 92.7 Å². The molecule has 0 saturated carbocycles. The van der Waals surface area contributed by atoms with Crippen LogP contribution in [0.25, 0.3) is 0 Å². The van der Waals surface area contributed by atoms with Gasteiger partial charge in [0.15, 0.2) is 0 Å². The monoisotopic (exact) mass is 312 g/mol. The van der Waals surface area contributed by atoms with Crippen molar-refractivity contribution in [2.75, 3.05) is 37.3 Å². The van der Waals surface area contributed by atoms with Crippen molar-refractivity contribution in [1.29, 1.82) is 0 Å². The highest BCUT2D eigenvalue weighted by atomic mass is 32.2. The molecule has 0 amide bonds. The Balaban J connectivity index is 2.48. The number of hydrogen-bond acceptors (Lipinski definition) is 5. The molecule has 7 heteroatoms. The van der Waals surface area contributed by atoms with E-state index in [1.807, 2.05) is 0 Å². The minimum Gasteiger partial charge on any atom is -0.399 e. The summed E-state index contributed by atoms with van der Waals surface area (Å²) >= 11 is 0. The molecule has 4 N–H and O–H groups in total. The lowest BCUT2D eigenvalue weighted by atomic mass is 10.1. The molecule has 0 aliphatic carbocycles. The van der Waals surface area contributed by atoms with E-state index in [1.165, 1.54) is 6.07 Å². The first-order valence-electron chi connectivity index (χ1n) is 7.20. The molecule has 2 rings (SSSR count). The van der Waals surface area contributed by atoms with Gasteiger partial charge in [-0.1, -0.05) is 6.92 Å². The van der Waals surface area contributed by atoms with Crippen LogP contribution in [0.15, 0.2) is 23.1 Å². The highest BCUT2D eigenvalue weighted by molar-refractivity contribution is 7.89. The molecule has 1 heterocycles. The first-order chi connectivity index (χ1) is 9.82. The maximum absolute atomic E-state index is 11.9. The van der Waals surface area contributed by atoms with E-state index in [1.54, 1.807) is 12.1 Å². The van der Waals surface area contributed by atoms with Crippen LogP contribution in [-0.4, -0.2) is 46.0 Å². The van der Waals surface area contributed by atoms with Gasteiger partial charge < -0.3 is 15.5 Å². The van der Waals surface area contributed by atoms with Crippen LogP contribution in [0, 0.1) is 0 Å². The average molecular weight is 312 g/mol. The third kappa shape index (κ3) is 3.66. The molecule has 0 spiro atoms. The van der Waals surface area contributed by atoms with Gasteiger partial charge in [0.05, 0.1) is 5.69 Å². The molecule has 1 aliphatic heterocycles. The van der Waals surface area contributed by atoms with Crippen molar-refractivity contribution in [3.05, 3.63) is 18.2 Å². The molecule has 21 heavy (non-hydrogen) atoms. The zero-order valence-corrected chi connectivity index (χ0v) is 13.4. The lowest BCUT2D eigenvalue weighted by Crippen LogP contribution is -2.40. The van der Waals surface area contributed by atoms with Crippen LogP contribution in [0.4, 0.5) is 11.4 Å². The summed E-state index contributed by atoms with van der Waals surface area (Å²) in [4.78, 5) is 4.55. The Morgan fingerprint density at radius 2 is 2.05 bits per heavy atom. The van der Waals surface area contributed by atoms with E-state index in [0.29, 0.717) is 11.4 Å². The molecule has 0 radical (unpaired) electrons. The number of rotatable bonds is 3.